The molecule has 4 atom stereocenters. The van der Waals surface area contributed by atoms with Crippen molar-refractivity contribution in [1.29, 1.82) is 0 Å². The van der Waals surface area contributed by atoms with Gasteiger partial charge in [0.15, 0.2) is 0 Å². The fraction of sp³-hybridized carbons (Fsp3) is 1.00. The lowest BCUT2D eigenvalue weighted by Crippen LogP contribution is -2.26. The fourth-order valence-electron chi connectivity index (χ4n) is 1.93. The summed E-state index contributed by atoms with van der Waals surface area (Å²) < 4.78 is 0.0428. The molecule has 0 saturated carbocycles. The van der Waals surface area contributed by atoms with Crippen molar-refractivity contribution in [2.75, 3.05) is 11.5 Å². The summed E-state index contributed by atoms with van der Waals surface area (Å²) in [5.74, 6) is 2.09. The van der Waals surface area contributed by atoms with E-state index in [1.165, 1.54) is 0 Å². The molecule has 0 spiro atoms. The molecule has 116 valence electrons. The Labute approximate surface area is 157 Å². The van der Waals surface area contributed by atoms with Crippen LogP contribution in [0.3, 0.4) is 0 Å². The van der Waals surface area contributed by atoms with Crippen LogP contribution >= 0.6 is 88.4 Å². The van der Waals surface area contributed by atoms with Crippen LogP contribution in [0.5, 0.6) is 0 Å². The molecule has 4 unspecified atom stereocenters. The Kier molecular flexibility index (Phi) is 14.6. The summed E-state index contributed by atoms with van der Waals surface area (Å²) >= 11 is 31.4. The maximum atomic E-state index is 4.70. The number of hydrogen-bond donors (Lipinski definition) is 7. The molecule has 0 saturated heterocycles. The first-order valence-electron chi connectivity index (χ1n) is 6.54. The summed E-state index contributed by atoms with van der Waals surface area (Å²) in [6, 6.07) is 0. The van der Waals surface area contributed by atoms with Gasteiger partial charge >= 0.3 is 0 Å². The maximum absolute atomic E-state index is 4.70. The van der Waals surface area contributed by atoms with Gasteiger partial charge in [-0.05, 0) is 49.5 Å². The molecule has 0 aromatic carbocycles. The SMILES string of the molecule is SCCC(S)CCC(S)CC(C(S)S)C(S)CCS. The lowest BCUT2D eigenvalue weighted by molar-refractivity contribution is 0.474. The molecule has 0 aliphatic carbocycles. The van der Waals surface area contributed by atoms with E-state index in [1.54, 1.807) is 0 Å². The second-order valence-electron chi connectivity index (χ2n) is 4.79. The van der Waals surface area contributed by atoms with Gasteiger partial charge in [-0.2, -0.15) is 88.4 Å². The monoisotopic (exact) mass is 394 g/mol. The molecule has 0 aliphatic heterocycles. The first-order valence-corrected chi connectivity index (χ1v) is 10.4. The Balaban J connectivity index is 4.13. The van der Waals surface area contributed by atoms with Gasteiger partial charge in [0.2, 0.25) is 0 Å². The van der Waals surface area contributed by atoms with Gasteiger partial charge in [-0.3, -0.25) is 0 Å². The topological polar surface area (TPSA) is 0 Å². The molecule has 0 N–H and O–H groups in total. The maximum Gasteiger partial charge on any atom is 0.0481 e. The highest BCUT2D eigenvalue weighted by Gasteiger charge is 2.25. The van der Waals surface area contributed by atoms with Crippen LogP contribution in [-0.4, -0.2) is 31.8 Å². The second-order valence-corrected chi connectivity index (χ2v) is 9.33. The standard InChI is InChI=1S/C12H26S7/c13-5-3-8(15)1-2-9(16)7-10(12(18)19)11(17)4-6-14/h8-19H,1-7H2. The van der Waals surface area contributed by atoms with Crippen LogP contribution in [0.2, 0.25) is 0 Å². The van der Waals surface area contributed by atoms with Crippen molar-refractivity contribution < 1.29 is 0 Å². The lowest BCUT2D eigenvalue weighted by Gasteiger charge is -2.28. The summed E-state index contributed by atoms with van der Waals surface area (Å²) in [4.78, 5) is 0. The van der Waals surface area contributed by atoms with Crippen LogP contribution < -0.4 is 0 Å². The van der Waals surface area contributed by atoms with Crippen LogP contribution in [0.15, 0.2) is 0 Å². The minimum absolute atomic E-state index is 0.0428. The molecule has 0 aromatic rings. The minimum atomic E-state index is 0.0428. The van der Waals surface area contributed by atoms with Gasteiger partial charge in [-0.1, -0.05) is 0 Å². The average Bonchev–Trinajstić information content (AvgIpc) is 2.33. The molecule has 0 nitrogen and oxygen atoms in total. The Morgan fingerprint density at radius 2 is 1.16 bits per heavy atom. The highest BCUT2D eigenvalue weighted by atomic mass is 32.2. The van der Waals surface area contributed by atoms with Gasteiger partial charge < -0.3 is 0 Å². The molecular weight excluding hydrogens is 369 g/mol. The largest absolute Gasteiger partial charge is 0.179 e. The van der Waals surface area contributed by atoms with E-state index >= 15 is 0 Å². The molecule has 0 bridgehead atoms. The van der Waals surface area contributed by atoms with Crippen LogP contribution in [0.25, 0.3) is 0 Å². The van der Waals surface area contributed by atoms with Crippen molar-refractivity contribution in [3.8, 4) is 0 Å². The molecular formula is C12H26S7. The van der Waals surface area contributed by atoms with E-state index in [0.717, 1.165) is 43.6 Å². The Bertz CT molecular complexity index is 212. The van der Waals surface area contributed by atoms with Crippen LogP contribution in [0.1, 0.15) is 32.1 Å². The molecule has 0 aromatic heterocycles. The minimum Gasteiger partial charge on any atom is -0.179 e. The van der Waals surface area contributed by atoms with Gasteiger partial charge in [-0.25, -0.2) is 0 Å². The second kappa shape index (κ2) is 12.9. The first-order chi connectivity index (χ1) is 8.92. The predicted octanol–water partition coefficient (Wildman–Crippen LogP) is 4.49. The van der Waals surface area contributed by atoms with Gasteiger partial charge in [0.05, 0.1) is 0 Å². The third-order valence-corrected chi connectivity index (χ3v) is 6.05. The zero-order valence-electron chi connectivity index (χ0n) is 11.0. The zero-order chi connectivity index (χ0) is 14.8. The Hall–Kier alpha value is 2.45. The van der Waals surface area contributed by atoms with Gasteiger partial charge in [0, 0.05) is 20.3 Å². The van der Waals surface area contributed by atoms with Crippen LogP contribution in [0, 0.1) is 5.92 Å². The smallest absolute Gasteiger partial charge is 0.0481 e. The van der Waals surface area contributed by atoms with E-state index in [-0.39, 0.29) is 9.83 Å². The summed E-state index contributed by atoms with van der Waals surface area (Å²) in [6.07, 6.45) is 5.16. The molecule has 0 aliphatic rings. The van der Waals surface area contributed by atoms with E-state index in [9.17, 15) is 0 Å². The van der Waals surface area contributed by atoms with Crippen molar-refractivity contribution in [3.05, 3.63) is 0 Å². The summed E-state index contributed by atoms with van der Waals surface area (Å²) in [6.45, 7) is 0. The van der Waals surface area contributed by atoms with E-state index in [2.05, 4.69) is 75.8 Å². The molecule has 0 amide bonds. The third-order valence-electron chi connectivity index (χ3n) is 3.14. The number of thiol groups is 7. The van der Waals surface area contributed by atoms with Gasteiger partial charge in [0.1, 0.15) is 0 Å². The van der Waals surface area contributed by atoms with Gasteiger partial charge in [0.25, 0.3) is 0 Å². The Morgan fingerprint density at radius 1 is 0.632 bits per heavy atom. The van der Waals surface area contributed by atoms with Gasteiger partial charge in [-0.15, -0.1) is 0 Å². The number of rotatable bonds is 11. The highest BCUT2D eigenvalue weighted by Crippen LogP contribution is 2.31. The molecule has 0 heterocycles. The fourth-order valence-corrected chi connectivity index (χ4v) is 4.96. The summed E-state index contributed by atoms with van der Waals surface area (Å²) in [7, 11) is 0. The van der Waals surface area contributed by atoms with Crippen molar-refractivity contribution in [2.24, 2.45) is 5.92 Å². The zero-order valence-corrected chi connectivity index (χ0v) is 17.2. The quantitative estimate of drug-likeness (QED) is 0.195. The lowest BCUT2D eigenvalue weighted by atomic mass is 9.96. The van der Waals surface area contributed by atoms with Crippen molar-refractivity contribution in [1.82, 2.24) is 0 Å². The number of hydrogen-bond acceptors (Lipinski definition) is 7. The predicted molar refractivity (Wildman–Crippen MR) is 114 cm³/mol. The average molecular weight is 395 g/mol. The van der Waals surface area contributed by atoms with Crippen molar-refractivity contribution in [2.45, 2.75) is 52.4 Å². The van der Waals surface area contributed by atoms with Crippen LogP contribution in [0.4, 0.5) is 0 Å². The Morgan fingerprint density at radius 3 is 1.63 bits per heavy atom. The molecule has 19 heavy (non-hydrogen) atoms. The van der Waals surface area contributed by atoms with Crippen molar-refractivity contribution >= 4 is 88.4 Å². The summed E-state index contributed by atoms with van der Waals surface area (Å²) in [5, 5.41) is 1.07. The van der Waals surface area contributed by atoms with E-state index < -0.39 is 0 Å². The molecule has 0 rings (SSSR count). The summed E-state index contributed by atoms with van der Waals surface area (Å²) in [5.41, 5.74) is 0. The van der Waals surface area contributed by atoms with E-state index in [4.69, 9.17) is 12.6 Å². The molecule has 0 fully saturated rings. The molecule has 0 radical (unpaired) electrons. The van der Waals surface area contributed by atoms with Crippen LogP contribution in [-0.2, 0) is 0 Å². The highest BCUT2D eigenvalue weighted by molar-refractivity contribution is 7.99. The first kappa shape index (κ1) is 21.4. The molecule has 7 heteroatoms. The van der Waals surface area contributed by atoms with Crippen molar-refractivity contribution in [3.63, 3.8) is 0 Å². The normalized spacial score (nSPS) is 18.3. The van der Waals surface area contributed by atoms with E-state index in [1.807, 2.05) is 0 Å². The third kappa shape index (κ3) is 10.7. The van der Waals surface area contributed by atoms with E-state index in [0.29, 0.717) is 16.4 Å².